The van der Waals surface area contributed by atoms with Crippen LogP contribution in [0, 0.1) is 0 Å². The third-order valence-corrected chi connectivity index (χ3v) is 6.58. The minimum absolute atomic E-state index is 0.209. The van der Waals surface area contributed by atoms with Crippen molar-refractivity contribution in [2.24, 2.45) is 0 Å². The summed E-state index contributed by atoms with van der Waals surface area (Å²) in [5.74, 6) is -0.445. The van der Waals surface area contributed by atoms with Crippen molar-refractivity contribution in [1.29, 1.82) is 0 Å². The van der Waals surface area contributed by atoms with E-state index >= 15 is 0 Å². The molecule has 1 saturated carbocycles. The maximum absolute atomic E-state index is 13.3. The smallest absolute Gasteiger partial charge is 0.325 e. The number of benzene rings is 2. The highest BCUT2D eigenvalue weighted by Crippen LogP contribution is 2.32. The summed E-state index contributed by atoms with van der Waals surface area (Å²) in [5.41, 5.74) is 1.35. The number of hydrogen-bond acceptors (Lipinski definition) is 3. The molecular formula is C26H31N3O3. The van der Waals surface area contributed by atoms with E-state index in [4.69, 9.17) is 0 Å². The minimum atomic E-state index is -0.817. The number of carbonyl (C=O) groups excluding carboxylic acids is 3. The van der Waals surface area contributed by atoms with Gasteiger partial charge in [-0.3, -0.25) is 14.5 Å². The van der Waals surface area contributed by atoms with E-state index in [9.17, 15) is 14.4 Å². The Morgan fingerprint density at radius 3 is 2.09 bits per heavy atom. The van der Waals surface area contributed by atoms with Crippen LogP contribution < -0.4 is 5.32 Å². The van der Waals surface area contributed by atoms with Gasteiger partial charge in [0, 0.05) is 13.1 Å². The van der Waals surface area contributed by atoms with E-state index in [1.54, 1.807) is 4.90 Å². The fourth-order valence-electron chi connectivity index (χ4n) is 4.73. The summed E-state index contributed by atoms with van der Waals surface area (Å²) >= 11 is 0. The van der Waals surface area contributed by atoms with Crippen LogP contribution in [0.15, 0.2) is 60.7 Å². The number of hydrogen-bond donors (Lipinski definition) is 1. The molecule has 1 aliphatic carbocycles. The molecule has 2 aromatic carbocycles. The summed E-state index contributed by atoms with van der Waals surface area (Å²) < 4.78 is 0. The third-order valence-electron chi connectivity index (χ3n) is 6.58. The van der Waals surface area contributed by atoms with Gasteiger partial charge in [-0.25, -0.2) is 4.79 Å². The molecule has 6 heteroatoms. The first-order valence-corrected chi connectivity index (χ1v) is 11.6. The lowest BCUT2D eigenvalue weighted by Gasteiger charge is -2.26. The molecule has 1 aliphatic heterocycles. The molecule has 2 aliphatic rings. The van der Waals surface area contributed by atoms with Gasteiger partial charge in [-0.2, -0.15) is 0 Å². The molecular weight excluding hydrogens is 402 g/mol. The first kappa shape index (κ1) is 22.1. The van der Waals surface area contributed by atoms with Gasteiger partial charge in [0.25, 0.3) is 5.91 Å². The first-order chi connectivity index (χ1) is 15.6. The highest BCUT2D eigenvalue weighted by molar-refractivity contribution is 6.09. The number of rotatable bonds is 7. The maximum atomic E-state index is 13.3. The van der Waals surface area contributed by atoms with E-state index in [2.05, 4.69) is 5.32 Å². The van der Waals surface area contributed by atoms with Crippen LogP contribution in [0.4, 0.5) is 4.79 Å². The Labute approximate surface area is 189 Å². The SMILES string of the molecule is O=C(CN1C(=O)NC2(CCCCCC2)C1=O)N(CCc1ccccc1)Cc1ccccc1. The van der Waals surface area contributed by atoms with Crippen LogP contribution in [0.5, 0.6) is 0 Å². The molecule has 0 atom stereocenters. The predicted octanol–water partition coefficient (Wildman–Crippen LogP) is 3.90. The van der Waals surface area contributed by atoms with Crippen molar-refractivity contribution in [2.75, 3.05) is 13.1 Å². The van der Waals surface area contributed by atoms with Crippen molar-refractivity contribution in [2.45, 2.75) is 57.0 Å². The van der Waals surface area contributed by atoms with E-state index in [1.807, 2.05) is 60.7 Å². The van der Waals surface area contributed by atoms with Gasteiger partial charge in [-0.05, 0) is 30.4 Å². The van der Waals surface area contributed by atoms with Crippen molar-refractivity contribution >= 4 is 17.8 Å². The second-order valence-electron chi connectivity index (χ2n) is 8.85. The fraction of sp³-hybridized carbons (Fsp3) is 0.423. The summed E-state index contributed by atoms with van der Waals surface area (Å²) in [7, 11) is 0. The monoisotopic (exact) mass is 433 g/mol. The Balaban J connectivity index is 1.47. The van der Waals surface area contributed by atoms with Crippen LogP contribution >= 0.6 is 0 Å². The number of amides is 4. The Morgan fingerprint density at radius 1 is 0.875 bits per heavy atom. The minimum Gasteiger partial charge on any atom is -0.336 e. The number of imide groups is 1. The van der Waals surface area contributed by atoms with Gasteiger partial charge in [0.05, 0.1) is 0 Å². The molecule has 0 aromatic heterocycles. The quantitative estimate of drug-likeness (QED) is 0.673. The van der Waals surface area contributed by atoms with Gasteiger partial charge in [0.1, 0.15) is 12.1 Å². The molecule has 1 spiro atoms. The van der Waals surface area contributed by atoms with Crippen molar-refractivity contribution in [3.8, 4) is 0 Å². The summed E-state index contributed by atoms with van der Waals surface area (Å²) in [6.07, 6.45) is 6.02. The predicted molar refractivity (Wildman–Crippen MR) is 123 cm³/mol. The zero-order chi connectivity index (χ0) is 22.4. The second kappa shape index (κ2) is 9.98. The standard InChI is InChI=1S/C26H31N3O3/c30-23(20-29-24(31)26(27-25(29)32)16-9-1-2-10-17-26)28(19-22-13-7-4-8-14-22)18-15-21-11-5-3-6-12-21/h3-8,11-14H,1-2,9-10,15-20H2,(H,27,32). The molecule has 0 bridgehead atoms. The van der Waals surface area contributed by atoms with E-state index in [-0.39, 0.29) is 18.4 Å². The maximum Gasteiger partial charge on any atom is 0.325 e. The van der Waals surface area contributed by atoms with E-state index < -0.39 is 11.6 Å². The van der Waals surface area contributed by atoms with Crippen LogP contribution in [0.25, 0.3) is 0 Å². The number of nitrogens with one attached hydrogen (secondary N) is 1. The van der Waals surface area contributed by atoms with Gasteiger partial charge >= 0.3 is 6.03 Å². The van der Waals surface area contributed by atoms with Crippen LogP contribution in [0.1, 0.15) is 49.7 Å². The van der Waals surface area contributed by atoms with Crippen LogP contribution in [0.2, 0.25) is 0 Å². The number of carbonyl (C=O) groups is 3. The number of nitrogens with zero attached hydrogens (tertiary/aromatic N) is 2. The summed E-state index contributed by atoms with van der Waals surface area (Å²) in [5, 5.41) is 2.93. The molecule has 0 radical (unpaired) electrons. The zero-order valence-electron chi connectivity index (χ0n) is 18.5. The van der Waals surface area contributed by atoms with Gasteiger partial charge < -0.3 is 10.2 Å². The molecule has 0 unspecified atom stereocenters. The third kappa shape index (κ3) is 5.01. The molecule has 32 heavy (non-hydrogen) atoms. The van der Waals surface area contributed by atoms with Crippen LogP contribution in [-0.2, 0) is 22.6 Å². The van der Waals surface area contributed by atoms with Crippen molar-refractivity contribution < 1.29 is 14.4 Å². The first-order valence-electron chi connectivity index (χ1n) is 11.6. The van der Waals surface area contributed by atoms with Gasteiger partial charge in [0.2, 0.25) is 5.91 Å². The van der Waals surface area contributed by atoms with Gasteiger partial charge in [-0.1, -0.05) is 86.3 Å². The highest BCUT2D eigenvalue weighted by Gasteiger charge is 2.51. The van der Waals surface area contributed by atoms with Gasteiger partial charge in [-0.15, -0.1) is 0 Å². The molecule has 1 heterocycles. The highest BCUT2D eigenvalue weighted by atomic mass is 16.2. The lowest BCUT2D eigenvalue weighted by molar-refractivity contribution is -0.139. The van der Waals surface area contributed by atoms with Gasteiger partial charge in [0.15, 0.2) is 0 Å². The molecule has 1 N–H and O–H groups in total. The Kier molecular flexibility index (Phi) is 6.88. The van der Waals surface area contributed by atoms with E-state index in [0.717, 1.165) is 41.7 Å². The normalized spacial score (nSPS) is 17.8. The fourth-order valence-corrected chi connectivity index (χ4v) is 4.73. The lowest BCUT2D eigenvalue weighted by atomic mass is 9.90. The molecule has 1 saturated heterocycles. The zero-order valence-corrected chi connectivity index (χ0v) is 18.5. The molecule has 2 fully saturated rings. The topological polar surface area (TPSA) is 69.7 Å². The van der Waals surface area contributed by atoms with Crippen LogP contribution in [-0.4, -0.2) is 46.3 Å². The summed E-state index contributed by atoms with van der Waals surface area (Å²) in [6, 6.07) is 19.4. The summed E-state index contributed by atoms with van der Waals surface area (Å²) in [6.45, 7) is 0.752. The second-order valence-corrected chi connectivity index (χ2v) is 8.85. The lowest BCUT2D eigenvalue weighted by Crippen LogP contribution is -2.47. The van der Waals surface area contributed by atoms with E-state index in [0.29, 0.717) is 32.4 Å². The van der Waals surface area contributed by atoms with Crippen LogP contribution in [0.3, 0.4) is 0 Å². The average Bonchev–Trinajstić information content (AvgIpc) is 2.96. The number of urea groups is 1. The Hall–Kier alpha value is -3.15. The van der Waals surface area contributed by atoms with Crippen molar-refractivity contribution in [3.05, 3.63) is 71.8 Å². The Morgan fingerprint density at radius 2 is 1.47 bits per heavy atom. The largest absolute Gasteiger partial charge is 0.336 e. The molecule has 168 valence electrons. The molecule has 4 amide bonds. The van der Waals surface area contributed by atoms with Crippen molar-refractivity contribution in [3.63, 3.8) is 0 Å². The molecule has 6 nitrogen and oxygen atoms in total. The Bertz CT molecular complexity index is 937. The van der Waals surface area contributed by atoms with E-state index in [1.165, 1.54) is 0 Å². The molecule has 4 rings (SSSR count). The average molecular weight is 434 g/mol. The molecule has 2 aromatic rings. The summed E-state index contributed by atoms with van der Waals surface area (Å²) in [4.78, 5) is 42.1. The van der Waals surface area contributed by atoms with Crippen molar-refractivity contribution in [1.82, 2.24) is 15.1 Å².